The lowest BCUT2D eigenvalue weighted by molar-refractivity contribution is 0.322. The monoisotopic (exact) mass is 562 g/mol. The van der Waals surface area contributed by atoms with Crippen LogP contribution in [0.25, 0.3) is 24.4 Å². The lowest BCUT2D eigenvalue weighted by Crippen LogP contribution is -2.28. The summed E-state index contributed by atoms with van der Waals surface area (Å²) in [5.74, 6) is 0. The molecule has 4 aliphatic carbocycles. The number of aliphatic imine (C=N–C) groups is 2. The maximum Gasteiger partial charge on any atom is 0.219 e. The lowest BCUT2D eigenvalue weighted by atomic mass is 9.67. The van der Waals surface area contributed by atoms with Gasteiger partial charge in [0.2, 0.25) is 11.4 Å². The zero-order chi connectivity index (χ0) is 26.8. The van der Waals surface area contributed by atoms with E-state index in [1.54, 1.807) is 11.3 Å². The van der Waals surface area contributed by atoms with Crippen molar-refractivity contribution in [2.24, 2.45) is 15.4 Å². The van der Waals surface area contributed by atoms with Gasteiger partial charge in [0, 0.05) is 20.4 Å². The van der Waals surface area contributed by atoms with Crippen molar-refractivity contribution in [1.82, 2.24) is 0 Å². The highest BCUT2D eigenvalue weighted by atomic mass is 32.1. The Morgan fingerprint density at radius 1 is 0.692 bits per heavy atom. The number of nitrogens with zero attached hydrogens (tertiary/aromatic N) is 6. The molecule has 0 radical (unpaired) electrons. The standard InChI is InChI=1S/C30H22N6S3/c31-13-17(14-32)35-21-11-19-23(30(21)9-5-2-6-10-30)26-24(29(19)7-3-1-4-8-29)27-28(39-26)25-20(37-27)12-22(38-25)36-18(15-33)16-34/h11-12H,1-10H2. The lowest BCUT2D eigenvalue weighted by Gasteiger charge is -2.37. The predicted octanol–water partition coefficient (Wildman–Crippen LogP) is 8.60. The van der Waals surface area contributed by atoms with Crippen LogP contribution in [0, 0.1) is 50.7 Å². The summed E-state index contributed by atoms with van der Waals surface area (Å²) in [4.78, 5) is 10.4. The molecule has 7 rings (SSSR count). The molecule has 0 amide bonds. The molecule has 0 saturated heterocycles. The summed E-state index contributed by atoms with van der Waals surface area (Å²) in [6.45, 7) is 0. The van der Waals surface area contributed by atoms with E-state index in [0.717, 1.165) is 48.9 Å². The highest BCUT2D eigenvalue weighted by Gasteiger charge is 2.57. The second-order valence-electron chi connectivity index (χ2n) is 10.8. The van der Waals surface area contributed by atoms with E-state index in [2.05, 4.69) is 11.1 Å². The summed E-state index contributed by atoms with van der Waals surface area (Å²) < 4.78 is 5.02. The summed E-state index contributed by atoms with van der Waals surface area (Å²) in [5.41, 5.74) is 4.83. The average molecular weight is 563 g/mol. The molecule has 2 fully saturated rings. The minimum absolute atomic E-state index is 0.0366. The highest BCUT2D eigenvalue weighted by Crippen LogP contribution is 2.70. The fraction of sp³-hybridized carbons (Fsp3) is 0.400. The topological polar surface area (TPSA) is 120 Å². The molecule has 39 heavy (non-hydrogen) atoms. The average Bonchev–Trinajstić information content (AvgIpc) is 3.73. The van der Waals surface area contributed by atoms with Crippen molar-refractivity contribution >= 4 is 74.8 Å². The van der Waals surface area contributed by atoms with Crippen LogP contribution >= 0.6 is 34.0 Å². The summed E-state index contributed by atoms with van der Waals surface area (Å²) in [7, 11) is 0. The van der Waals surface area contributed by atoms with E-state index in [0.29, 0.717) is 5.00 Å². The van der Waals surface area contributed by atoms with Crippen molar-refractivity contribution in [3.05, 3.63) is 33.9 Å². The molecule has 0 atom stereocenters. The third-order valence-electron chi connectivity index (χ3n) is 9.00. The molecule has 3 aromatic rings. The van der Waals surface area contributed by atoms with Crippen LogP contribution < -0.4 is 0 Å². The van der Waals surface area contributed by atoms with Crippen LogP contribution in [0.4, 0.5) is 5.00 Å². The van der Waals surface area contributed by atoms with Crippen LogP contribution in [0.1, 0.15) is 74.6 Å². The Kier molecular flexibility index (Phi) is 5.62. The molecule has 6 nitrogen and oxygen atoms in total. The molecule has 0 N–H and O–H groups in total. The van der Waals surface area contributed by atoms with Crippen molar-refractivity contribution in [3.63, 3.8) is 0 Å². The SMILES string of the molecule is N#CC(C#N)=NC1=CC2=C(c3sc4c(sc5cc(N=C(C#N)C#N)sc54)c3C23CCCCC3)C12CCCCC2. The van der Waals surface area contributed by atoms with E-state index in [4.69, 9.17) is 4.99 Å². The second kappa shape index (κ2) is 8.97. The van der Waals surface area contributed by atoms with Gasteiger partial charge in [-0.25, -0.2) is 9.98 Å². The molecule has 2 saturated carbocycles. The van der Waals surface area contributed by atoms with E-state index in [-0.39, 0.29) is 22.3 Å². The maximum absolute atomic E-state index is 9.55. The van der Waals surface area contributed by atoms with E-state index in [1.807, 2.05) is 53.0 Å². The molecule has 3 aromatic heterocycles. The van der Waals surface area contributed by atoms with E-state index >= 15 is 0 Å². The summed E-state index contributed by atoms with van der Waals surface area (Å²) >= 11 is 5.26. The minimum Gasteiger partial charge on any atom is -0.231 e. The molecule has 0 bridgehead atoms. The van der Waals surface area contributed by atoms with Crippen LogP contribution in [0.3, 0.4) is 0 Å². The Labute approximate surface area is 238 Å². The van der Waals surface area contributed by atoms with Crippen molar-refractivity contribution < 1.29 is 0 Å². The first-order valence-corrected chi connectivity index (χ1v) is 15.8. The largest absolute Gasteiger partial charge is 0.231 e. The Morgan fingerprint density at radius 2 is 1.31 bits per heavy atom. The smallest absolute Gasteiger partial charge is 0.219 e. The van der Waals surface area contributed by atoms with Crippen molar-refractivity contribution in [2.75, 3.05) is 0 Å². The van der Waals surface area contributed by atoms with Gasteiger partial charge >= 0.3 is 0 Å². The van der Waals surface area contributed by atoms with Crippen molar-refractivity contribution in [3.8, 4) is 24.3 Å². The third-order valence-corrected chi connectivity index (χ3v) is 12.8. The predicted molar refractivity (Wildman–Crippen MR) is 157 cm³/mol. The van der Waals surface area contributed by atoms with Crippen LogP contribution in [0.15, 0.2) is 33.4 Å². The van der Waals surface area contributed by atoms with E-state index in [9.17, 15) is 21.0 Å². The fourth-order valence-electron chi connectivity index (χ4n) is 7.48. The number of nitriles is 4. The van der Waals surface area contributed by atoms with Gasteiger partial charge in [0.05, 0.1) is 19.8 Å². The zero-order valence-electron chi connectivity index (χ0n) is 21.1. The Balaban J connectivity index is 1.47. The van der Waals surface area contributed by atoms with Gasteiger partial charge in [0.25, 0.3) is 0 Å². The van der Waals surface area contributed by atoms with Crippen LogP contribution in [-0.4, -0.2) is 11.4 Å². The van der Waals surface area contributed by atoms with Gasteiger partial charge in [-0.3, -0.25) is 0 Å². The van der Waals surface area contributed by atoms with Gasteiger partial charge in [0.15, 0.2) is 0 Å². The molecule has 0 aromatic carbocycles. The Bertz CT molecular complexity index is 1830. The third kappa shape index (κ3) is 3.31. The van der Waals surface area contributed by atoms with E-state index in [1.165, 1.54) is 61.4 Å². The molecule has 0 aliphatic heterocycles. The number of thiophene rings is 3. The molecule has 0 unspecified atom stereocenters. The van der Waals surface area contributed by atoms with Crippen molar-refractivity contribution in [1.29, 1.82) is 21.0 Å². The molecule has 3 heterocycles. The quantitative estimate of drug-likeness (QED) is 0.290. The van der Waals surface area contributed by atoms with Crippen LogP contribution in [0.5, 0.6) is 0 Å². The number of allylic oxidation sites excluding steroid dienone is 3. The number of fused-ring (bicyclic) bond motifs is 9. The number of hydrogen-bond donors (Lipinski definition) is 0. The van der Waals surface area contributed by atoms with Crippen LogP contribution in [-0.2, 0) is 5.41 Å². The molecule has 4 aliphatic rings. The number of rotatable bonds is 2. The van der Waals surface area contributed by atoms with Gasteiger partial charge < -0.3 is 0 Å². The summed E-state index contributed by atoms with van der Waals surface area (Å²) in [5, 5.41) is 38.1. The first kappa shape index (κ1) is 24.4. The minimum atomic E-state index is -0.228. The Hall–Kier alpha value is -3.60. The highest BCUT2D eigenvalue weighted by molar-refractivity contribution is 7.40. The molecular weight excluding hydrogens is 541 g/mol. The maximum atomic E-state index is 9.55. The van der Waals surface area contributed by atoms with Gasteiger partial charge in [-0.15, -0.1) is 34.0 Å². The molecule has 190 valence electrons. The zero-order valence-corrected chi connectivity index (χ0v) is 23.6. The molecule has 2 spiro atoms. The van der Waals surface area contributed by atoms with Crippen molar-refractivity contribution in [2.45, 2.75) is 69.6 Å². The van der Waals surface area contributed by atoms with Gasteiger partial charge in [-0.2, -0.15) is 21.0 Å². The molecule has 9 heteroatoms. The molecular formula is C30H22N6S3. The number of hydrogen-bond acceptors (Lipinski definition) is 9. The Morgan fingerprint density at radius 3 is 1.95 bits per heavy atom. The first-order chi connectivity index (χ1) is 19.1. The van der Waals surface area contributed by atoms with Gasteiger partial charge in [0.1, 0.15) is 29.3 Å². The first-order valence-electron chi connectivity index (χ1n) is 13.3. The normalized spacial score (nSPS) is 20.2. The van der Waals surface area contributed by atoms with E-state index < -0.39 is 0 Å². The fourth-order valence-corrected chi connectivity index (χ4v) is 12.0. The summed E-state index contributed by atoms with van der Waals surface area (Å²) in [6.07, 6.45) is 13.6. The summed E-state index contributed by atoms with van der Waals surface area (Å²) in [6, 6.07) is 9.76. The van der Waals surface area contributed by atoms with Gasteiger partial charge in [-0.1, -0.05) is 38.5 Å². The second-order valence-corrected chi connectivity index (χ2v) is 13.9. The van der Waals surface area contributed by atoms with Gasteiger partial charge in [-0.05, 0) is 54.5 Å². The van der Waals surface area contributed by atoms with Crippen LogP contribution in [0.2, 0.25) is 0 Å².